The van der Waals surface area contributed by atoms with Gasteiger partial charge in [-0.2, -0.15) is 4.98 Å². The first kappa shape index (κ1) is 24.2. The van der Waals surface area contributed by atoms with Gasteiger partial charge in [-0.1, -0.05) is 6.07 Å². The fourth-order valence-corrected chi connectivity index (χ4v) is 4.93. The van der Waals surface area contributed by atoms with E-state index in [1.54, 1.807) is 61.2 Å². The minimum absolute atomic E-state index is 0.176. The average Bonchev–Trinajstić information content (AvgIpc) is 3.54. The summed E-state index contributed by atoms with van der Waals surface area (Å²) in [6.45, 7) is 2.51. The van der Waals surface area contributed by atoms with E-state index in [9.17, 15) is 9.00 Å². The molecule has 0 spiro atoms. The number of carbonyl (C=O) groups excluding carboxylic acids is 1. The molecule has 0 aliphatic heterocycles. The highest BCUT2D eigenvalue weighted by Crippen LogP contribution is 2.31. The molecule has 0 aliphatic rings. The Balaban J connectivity index is 1.49. The monoisotopic (exact) mass is 511 g/mol. The van der Waals surface area contributed by atoms with E-state index in [4.69, 9.17) is 4.74 Å². The first-order valence-electron chi connectivity index (χ1n) is 10.8. The van der Waals surface area contributed by atoms with Crippen LogP contribution in [0.4, 0.5) is 22.2 Å². The zero-order chi connectivity index (χ0) is 24.7. The minimum Gasteiger partial charge on any atom is -0.449 e. The fourth-order valence-electron chi connectivity index (χ4n) is 3.17. The molecule has 0 saturated carbocycles. The van der Waals surface area contributed by atoms with Crippen molar-refractivity contribution in [1.29, 1.82) is 0 Å². The maximum atomic E-state index is 12.7. The number of thiophene rings is 1. The number of amides is 1. The Labute approximate surface area is 207 Å². The number of nitrogens with zero attached hydrogens (tertiary/aromatic N) is 3. The normalized spacial score (nSPS) is 12.5. The number of nitrogens with one attached hydrogen (secondary N) is 4. The number of carbonyl (C=O) groups is 1. The number of H-pyrrole nitrogens is 1. The molecule has 0 radical (unpaired) electrons. The summed E-state index contributed by atoms with van der Waals surface area (Å²) >= 11 is 1.61. The highest BCUT2D eigenvalue weighted by Gasteiger charge is 2.14. The van der Waals surface area contributed by atoms with Crippen molar-refractivity contribution in [3.63, 3.8) is 0 Å². The lowest BCUT2D eigenvalue weighted by atomic mass is 10.2. The van der Waals surface area contributed by atoms with Crippen molar-refractivity contribution in [2.24, 2.45) is 0 Å². The van der Waals surface area contributed by atoms with Crippen molar-refractivity contribution in [1.82, 2.24) is 24.7 Å². The van der Waals surface area contributed by atoms with Gasteiger partial charge in [0, 0.05) is 46.5 Å². The summed E-state index contributed by atoms with van der Waals surface area (Å²) in [6, 6.07) is 10.7. The highest BCUT2D eigenvalue weighted by molar-refractivity contribution is 7.99. The van der Waals surface area contributed by atoms with Crippen LogP contribution in [-0.2, 0) is 20.9 Å². The number of benzene rings is 1. The molecule has 10 nitrogen and oxygen atoms in total. The van der Waals surface area contributed by atoms with Crippen molar-refractivity contribution in [3.8, 4) is 10.4 Å². The number of hydrogen-bond acceptors (Lipinski definition) is 9. The van der Waals surface area contributed by atoms with Gasteiger partial charge in [0.15, 0.2) is 0 Å². The lowest BCUT2D eigenvalue weighted by Crippen LogP contribution is -2.30. The van der Waals surface area contributed by atoms with Crippen LogP contribution in [0.5, 0.6) is 0 Å². The number of aromatic nitrogens is 4. The lowest BCUT2D eigenvalue weighted by molar-refractivity contribution is 0.159. The van der Waals surface area contributed by atoms with Crippen LogP contribution >= 0.6 is 11.3 Å². The second-order valence-corrected chi connectivity index (χ2v) is 10.3. The molecule has 0 saturated heterocycles. The lowest BCUT2D eigenvalue weighted by Gasteiger charge is -2.13. The van der Waals surface area contributed by atoms with Crippen LogP contribution < -0.4 is 15.4 Å². The van der Waals surface area contributed by atoms with Crippen molar-refractivity contribution in [2.75, 3.05) is 23.8 Å². The molecule has 3 heterocycles. The first-order valence-corrected chi connectivity index (χ1v) is 13.4. The van der Waals surface area contributed by atoms with Crippen LogP contribution in [0.2, 0.25) is 0 Å². The Bertz CT molecular complexity index is 1350. The number of hydrogen-bond donors (Lipinski definition) is 4. The summed E-state index contributed by atoms with van der Waals surface area (Å²) in [5, 5.41) is 8.56. The Kier molecular flexibility index (Phi) is 7.63. The van der Waals surface area contributed by atoms with E-state index in [1.165, 1.54) is 0 Å². The SMILES string of the molecule is C=S(=O)(NC(=O)OCC)c1ccc(Nc2ncc(-c3cccs3)c(NCCc3cnc[nH]3)n2)cc1. The second kappa shape index (κ2) is 11.0. The molecule has 4 rings (SSSR count). The van der Waals surface area contributed by atoms with Crippen LogP contribution in [0.25, 0.3) is 10.4 Å². The van der Waals surface area contributed by atoms with E-state index in [0.29, 0.717) is 28.9 Å². The van der Waals surface area contributed by atoms with Gasteiger partial charge >= 0.3 is 6.09 Å². The molecule has 3 aromatic heterocycles. The Morgan fingerprint density at radius 3 is 2.74 bits per heavy atom. The molecule has 12 heteroatoms. The zero-order valence-electron chi connectivity index (χ0n) is 19.0. The second-order valence-electron chi connectivity index (χ2n) is 7.33. The van der Waals surface area contributed by atoms with Gasteiger partial charge in [0.2, 0.25) is 5.95 Å². The topological polar surface area (TPSA) is 134 Å². The molecular formula is C23H25N7O3S2. The summed E-state index contributed by atoms with van der Waals surface area (Å²) < 4.78 is 19.8. The van der Waals surface area contributed by atoms with Gasteiger partial charge < -0.3 is 20.4 Å². The molecule has 1 aromatic carbocycles. The van der Waals surface area contributed by atoms with Crippen LogP contribution in [0.3, 0.4) is 0 Å². The third-order valence-corrected chi connectivity index (χ3v) is 7.27. The van der Waals surface area contributed by atoms with Gasteiger partial charge in [0.05, 0.1) is 28.2 Å². The summed E-state index contributed by atoms with van der Waals surface area (Å²) in [7, 11) is -3.04. The number of imidazole rings is 1. The average molecular weight is 512 g/mol. The molecular weight excluding hydrogens is 486 g/mol. The Morgan fingerprint density at radius 2 is 2.06 bits per heavy atom. The predicted molar refractivity (Wildman–Crippen MR) is 140 cm³/mol. The van der Waals surface area contributed by atoms with E-state index >= 15 is 0 Å². The highest BCUT2D eigenvalue weighted by atomic mass is 32.2. The number of aromatic amines is 1. The molecule has 1 unspecified atom stereocenters. The van der Waals surface area contributed by atoms with Crippen LogP contribution in [0, 0.1) is 0 Å². The molecule has 0 fully saturated rings. The summed E-state index contributed by atoms with van der Waals surface area (Å²) in [4.78, 5) is 29.3. The standard InChI is InChI=1S/C23H25N7O3S2/c1-3-33-23(31)30-35(2,32)18-8-6-16(7-9-18)28-22-26-14-19(20-5-4-12-34-20)21(29-22)25-11-10-17-13-24-15-27-17/h4-9,12-15H,2-3,10-11H2,1H3,(H,24,27)(H,30,31,32)(H2,25,26,28,29). The number of ether oxygens (including phenoxy) is 1. The van der Waals surface area contributed by atoms with Crippen molar-refractivity contribution >= 4 is 50.5 Å². The molecule has 35 heavy (non-hydrogen) atoms. The third-order valence-electron chi connectivity index (χ3n) is 4.83. The van der Waals surface area contributed by atoms with Gasteiger partial charge in [-0.15, -0.1) is 11.3 Å². The summed E-state index contributed by atoms with van der Waals surface area (Å²) in [6.07, 6.45) is 5.22. The fraction of sp³-hybridized carbons (Fsp3) is 0.174. The minimum atomic E-state index is -3.04. The van der Waals surface area contributed by atoms with Crippen molar-refractivity contribution in [2.45, 2.75) is 18.2 Å². The van der Waals surface area contributed by atoms with E-state index in [-0.39, 0.29) is 6.61 Å². The van der Waals surface area contributed by atoms with Gasteiger partial charge in [0.25, 0.3) is 0 Å². The molecule has 4 aromatic rings. The van der Waals surface area contributed by atoms with E-state index in [1.807, 2.05) is 17.5 Å². The van der Waals surface area contributed by atoms with Crippen LogP contribution in [0.15, 0.2) is 65.4 Å². The summed E-state index contributed by atoms with van der Waals surface area (Å²) in [5.74, 6) is 4.74. The first-order chi connectivity index (χ1) is 16.9. The van der Waals surface area contributed by atoms with Gasteiger partial charge in [-0.05, 0) is 48.5 Å². The van der Waals surface area contributed by atoms with Gasteiger partial charge in [0.1, 0.15) is 5.82 Å². The van der Waals surface area contributed by atoms with Crippen LogP contribution in [-0.4, -0.2) is 49.3 Å². The smallest absolute Gasteiger partial charge is 0.418 e. The van der Waals surface area contributed by atoms with Crippen molar-refractivity contribution in [3.05, 3.63) is 66.2 Å². The molecule has 1 amide bonds. The van der Waals surface area contributed by atoms with E-state index < -0.39 is 15.8 Å². The molecule has 0 aliphatic carbocycles. The molecule has 1 atom stereocenters. The maximum Gasteiger partial charge on any atom is 0.418 e. The van der Waals surface area contributed by atoms with Gasteiger partial charge in [-0.3, -0.25) is 0 Å². The molecule has 4 N–H and O–H groups in total. The molecule has 182 valence electrons. The quantitative estimate of drug-likeness (QED) is 0.234. The van der Waals surface area contributed by atoms with Crippen LogP contribution in [0.1, 0.15) is 12.6 Å². The molecule has 0 bridgehead atoms. The Hall–Kier alpha value is -3.90. The maximum absolute atomic E-state index is 12.7. The Morgan fingerprint density at radius 1 is 1.23 bits per heavy atom. The largest absolute Gasteiger partial charge is 0.449 e. The number of anilines is 3. The van der Waals surface area contributed by atoms with Gasteiger partial charge in [-0.25, -0.2) is 23.7 Å². The van der Waals surface area contributed by atoms with E-state index in [0.717, 1.165) is 22.6 Å². The zero-order valence-corrected chi connectivity index (χ0v) is 20.6. The third kappa shape index (κ3) is 6.37. The predicted octanol–water partition coefficient (Wildman–Crippen LogP) is 4.06. The summed E-state index contributed by atoms with van der Waals surface area (Å²) in [5.41, 5.74) is 2.63. The van der Waals surface area contributed by atoms with E-state index in [2.05, 4.69) is 41.2 Å². The number of rotatable bonds is 10. The van der Waals surface area contributed by atoms with Crippen molar-refractivity contribution < 1.29 is 13.7 Å².